The van der Waals surface area contributed by atoms with Crippen LogP contribution in [0.3, 0.4) is 0 Å². The average Bonchev–Trinajstić information content (AvgIpc) is 3.23. The van der Waals surface area contributed by atoms with E-state index in [1.54, 1.807) is 18.2 Å². The van der Waals surface area contributed by atoms with Crippen LogP contribution in [0.25, 0.3) is 0 Å². The second-order valence-electron chi connectivity index (χ2n) is 7.01. The molecular formula is C20H25N3O4S2. The second-order valence-corrected chi connectivity index (χ2v) is 9.93. The van der Waals surface area contributed by atoms with Gasteiger partial charge in [-0.15, -0.1) is 11.3 Å². The predicted octanol–water partition coefficient (Wildman–Crippen LogP) is 3.13. The molecule has 2 heterocycles. The van der Waals surface area contributed by atoms with Crippen molar-refractivity contribution in [3.8, 4) is 0 Å². The number of piperidine rings is 1. The van der Waals surface area contributed by atoms with Crippen LogP contribution in [0.4, 0.5) is 5.69 Å². The van der Waals surface area contributed by atoms with Crippen molar-refractivity contribution in [2.45, 2.75) is 43.5 Å². The molecule has 1 aliphatic rings. The highest BCUT2D eigenvalue weighted by Gasteiger charge is 2.26. The summed E-state index contributed by atoms with van der Waals surface area (Å²) in [6, 6.07) is 9.62. The van der Waals surface area contributed by atoms with Crippen molar-refractivity contribution in [2.24, 2.45) is 0 Å². The smallest absolute Gasteiger partial charge is 0.243 e. The van der Waals surface area contributed by atoms with E-state index in [1.807, 2.05) is 17.5 Å². The van der Waals surface area contributed by atoms with Crippen LogP contribution >= 0.6 is 11.3 Å². The number of benzene rings is 1. The molecule has 1 saturated heterocycles. The van der Waals surface area contributed by atoms with E-state index in [-0.39, 0.29) is 23.1 Å². The van der Waals surface area contributed by atoms with Gasteiger partial charge >= 0.3 is 0 Å². The second kappa shape index (κ2) is 9.51. The number of sulfonamides is 1. The maximum absolute atomic E-state index is 12.8. The first-order valence-electron chi connectivity index (χ1n) is 9.57. The molecule has 1 fully saturated rings. The Labute approximate surface area is 175 Å². The van der Waals surface area contributed by atoms with E-state index in [1.165, 1.54) is 28.6 Å². The molecule has 156 valence electrons. The van der Waals surface area contributed by atoms with Gasteiger partial charge in [-0.3, -0.25) is 9.59 Å². The third-order valence-corrected chi connectivity index (χ3v) is 7.60. The van der Waals surface area contributed by atoms with Crippen LogP contribution < -0.4 is 10.6 Å². The van der Waals surface area contributed by atoms with Crippen LogP contribution in [0.15, 0.2) is 46.7 Å². The van der Waals surface area contributed by atoms with E-state index >= 15 is 0 Å². The molecular weight excluding hydrogens is 410 g/mol. The minimum absolute atomic E-state index is 0.0587. The molecule has 1 aromatic carbocycles. The quantitative estimate of drug-likeness (QED) is 0.698. The maximum Gasteiger partial charge on any atom is 0.243 e. The SMILES string of the molecule is CC(=O)NC(CC(=O)Nc1cccc(S(=O)(=O)N2CCCCC2)c1)c1cccs1. The molecule has 0 bridgehead atoms. The van der Waals surface area contributed by atoms with E-state index in [0.717, 1.165) is 24.1 Å². The number of carbonyl (C=O) groups is 2. The van der Waals surface area contributed by atoms with Gasteiger partial charge in [0.1, 0.15) is 0 Å². The molecule has 1 unspecified atom stereocenters. The molecule has 1 aromatic heterocycles. The summed E-state index contributed by atoms with van der Waals surface area (Å²) in [5.41, 5.74) is 0.417. The van der Waals surface area contributed by atoms with Gasteiger partial charge in [0.25, 0.3) is 0 Å². The fraction of sp³-hybridized carbons (Fsp3) is 0.400. The zero-order valence-electron chi connectivity index (χ0n) is 16.3. The van der Waals surface area contributed by atoms with Gasteiger partial charge < -0.3 is 10.6 Å². The van der Waals surface area contributed by atoms with Gasteiger partial charge in [-0.1, -0.05) is 18.6 Å². The van der Waals surface area contributed by atoms with Crippen molar-refractivity contribution in [1.29, 1.82) is 0 Å². The summed E-state index contributed by atoms with van der Waals surface area (Å²) in [4.78, 5) is 25.1. The van der Waals surface area contributed by atoms with Crippen LogP contribution in [0, 0.1) is 0 Å². The Morgan fingerprint density at radius 2 is 1.90 bits per heavy atom. The Morgan fingerprint density at radius 3 is 2.55 bits per heavy atom. The molecule has 0 spiro atoms. The standard InChI is InChI=1S/C20H25N3O4S2/c1-15(24)21-18(19-9-6-12-28-19)14-20(25)22-16-7-5-8-17(13-16)29(26,27)23-10-3-2-4-11-23/h5-9,12-13,18H,2-4,10-11,14H2,1H3,(H,21,24)(H,22,25). The van der Waals surface area contributed by atoms with Gasteiger partial charge in [0.2, 0.25) is 21.8 Å². The first-order chi connectivity index (χ1) is 13.9. The van der Waals surface area contributed by atoms with E-state index in [0.29, 0.717) is 18.8 Å². The van der Waals surface area contributed by atoms with Gasteiger partial charge in [-0.2, -0.15) is 4.31 Å². The molecule has 0 saturated carbocycles. The van der Waals surface area contributed by atoms with Crippen LogP contribution in [-0.2, 0) is 19.6 Å². The number of carbonyl (C=O) groups excluding carboxylic acids is 2. The summed E-state index contributed by atoms with van der Waals surface area (Å²) < 4.78 is 27.2. The summed E-state index contributed by atoms with van der Waals surface area (Å²) in [7, 11) is -3.57. The van der Waals surface area contributed by atoms with E-state index < -0.39 is 16.1 Å². The average molecular weight is 436 g/mol. The maximum atomic E-state index is 12.8. The zero-order valence-corrected chi connectivity index (χ0v) is 17.9. The lowest BCUT2D eigenvalue weighted by Crippen LogP contribution is -2.35. The zero-order chi connectivity index (χ0) is 20.9. The fourth-order valence-corrected chi connectivity index (χ4v) is 5.69. The highest BCUT2D eigenvalue weighted by atomic mass is 32.2. The number of hydrogen-bond acceptors (Lipinski definition) is 5. The molecule has 0 radical (unpaired) electrons. The lowest BCUT2D eigenvalue weighted by atomic mass is 10.1. The Hall–Kier alpha value is -2.23. The van der Waals surface area contributed by atoms with Crippen molar-refractivity contribution in [3.05, 3.63) is 46.7 Å². The molecule has 9 heteroatoms. The first kappa shape index (κ1) is 21.5. The number of hydrogen-bond donors (Lipinski definition) is 2. The first-order valence-corrected chi connectivity index (χ1v) is 11.9. The number of rotatable bonds is 7. The Morgan fingerprint density at radius 1 is 1.14 bits per heavy atom. The van der Waals surface area contributed by atoms with Crippen molar-refractivity contribution in [1.82, 2.24) is 9.62 Å². The van der Waals surface area contributed by atoms with Gasteiger partial charge in [-0.05, 0) is 42.5 Å². The molecule has 29 heavy (non-hydrogen) atoms. The summed E-state index contributed by atoms with van der Waals surface area (Å²) in [6.45, 7) is 2.46. The van der Waals surface area contributed by atoms with Crippen molar-refractivity contribution >= 4 is 38.9 Å². The van der Waals surface area contributed by atoms with E-state index in [2.05, 4.69) is 10.6 Å². The van der Waals surface area contributed by atoms with Gasteiger partial charge in [0.15, 0.2) is 0 Å². The molecule has 1 atom stereocenters. The minimum atomic E-state index is -3.57. The highest BCUT2D eigenvalue weighted by Crippen LogP contribution is 2.25. The van der Waals surface area contributed by atoms with Gasteiger partial charge in [-0.25, -0.2) is 8.42 Å². The topological polar surface area (TPSA) is 95.6 Å². The fourth-order valence-electron chi connectivity index (χ4n) is 3.34. The minimum Gasteiger partial charge on any atom is -0.348 e. The lowest BCUT2D eigenvalue weighted by Gasteiger charge is -2.26. The van der Waals surface area contributed by atoms with Crippen LogP contribution in [0.2, 0.25) is 0 Å². The van der Waals surface area contributed by atoms with E-state index in [4.69, 9.17) is 0 Å². The van der Waals surface area contributed by atoms with E-state index in [9.17, 15) is 18.0 Å². The summed E-state index contributed by atoms with van der Waals surface area (Å²) in [5, 5.41) is 7.43. The Kier molecular flexibility index (Phi) is 7.05. The Balaban J connectivity index is 1.70. The molecule has 3 rings (SSSR count). The van der Waals surface area contributed by atoms with Crippen molar-refractivity contribution in [2.75, 3.05) is 18.4 Å². The third kappa shape index (κ3) is 5.65. The molecule has 2 amide bonds. The molecule has 1 aliphatic heterocycles. The Bertz CT molecular complexity index is 952. The summed E-state index contributed by atoms with van der Waals surface area (Å²) in [6.07, 6.45) is 2.83. The van der Waals surface area contributed by atoms with Gasteiger partial charge in [0.05, 0.1) is 17.4 Å². The largest absolute Gasteiger partial charge is 0.348 e. The summed E-state index contributed by atoms with van der Waals surface area (Å²) in [5.74, 6) is -0.518. The number of amides is 2. The molecule has 7 nitrogen and oxygen atoms in total. The van der Waals surface area contributed by atoms with Crippen LogP contribution in [0.1, 0.15) is 43.5 Å². The number of thiophene rings is 1. The number of nitrogens with zero attached hydrogens (tertiary/aromatic N) is 1. The number of nitrogens with one attached hydrogen (secondary N) is 2. The summed E-state index contributed by atoms with van der Waals surface area (Å²) >= 11 is 1.46. The van der Waals surface area contributed by atoms with Gasteiger partial charge in [0, 0.05) is 30.6 Å². The lowest BCUT2D eigenvalue weighted by molar-refractivity contribution is -0.120. The monoisotopic (exact) mass is 435 g/mol. The highest BCUT2D eigenvalue weighted by molar-refractivity contribution is 7.89. The van der Waals surface area contributed by atoms with Crippen LogP contribution in [-0.4, -0.2) is 37.6 Å². The molecule has 2 N–H and O–H groups in total. The number of anilines is 1. The molecule has 2 aromatic rings. The van der Waals surface area contributed by atoms with Crippen LogP contribution in [0.5, 0.6) is 0 Å². The predicted molar refractivity (Wildman–Crippen MR) is 113 cm³/mol. The van der Waals surface area contributed by atoms with Crippen molar-refractivity contribution < 1.29 is 18.0 Å². The normalized spacial score (nSPS) is 16.2. The third-order valence-electron chi connectivity index (χ3n) is 4.72. The van der Waals surface area contributed by atoms with Crippen molar-refractivity contribution in [3.63, 3.8) is 0 Å². The molecule has 0 aliphatic carbocycles.